The molecule has 3 N–H and O–H groups in total. The molecule has 0 bridgehead atoms. The van der Waals surface area contributed by atoms with Gasteiger partial charge in [-0.3, -0.25) is 0 Å². The third-order valence-corrected chi connectivity index (χ3v) is 4.69. The Bertz CT molecular complexity index is 733. The molecule has 0 amide bonds. The average molecular weight is 301 g/mol. The van der Waals surface area contributed by atoms with Crippen LogP contribution in [0.4, 0.5) is 5.95 Å². The normalized spacial score (nSPS) is 24.5. The highest BCUT2D eigenvalue weighted by Crippen LogP contribution is 2.45. The molecule has 1 saturated carbocycles. The second kappa shape index (κ2) is 5.00. The molecular formula is C17H23N3O2. The highest BCUT2D eigenvalue weighted by atomic mass is 16.4. The van der Waals surface area contributed by atoms with Gasteiger partial charge in [-0.05, 0) is 48.8 Å². The number of anilines is 1. The Hall–Kier alpha value is -2.04. The minimum Gasteiger partial charge on any atom is -0.478 e. The van der Waals surface area contributed by atoms with Crippen LogP contribution in [0.2, 0.25) is 0 Å². The van der Waals surface area contributed by atoms with Crippen molar-refractivity contribution in [2.45, 2.75) is 46.1 Å². The van der Waals surface area contributed by atoms with E-state index in [0.29, 0.717) is 23.4 Å². The van der Waals surface area contributed by atoms with E-state index in [1.54, 1.807) is 12.1 Å². The third-order valence-electron chi connectivity index (χ3n) is 4.69. The monoisotopic (exact) mass is 301 g/mol. The largest absolute Gasteiger partial charge is 0.478 e. The predicted molar refractivity (Wildman–Crippen MR) is 86.9 cm³/mol. The zero-order valence-corrected chi connectivity index (χ0v) is 13.3. The second-order valence-corrected chi connectivity index (χ2v) is 7.42. The van der Waals surface area contributed by atoms with E-state index in [1.807, 2.05) is 6.07 Å². The van der Waals surface area contributed by atoms with Crippen molar-refractivity contribution in [1.82, 2.24) is 9.55 Å². The van der Waals surface area contributed by atoms with Crippen molar-refractivity contribution in [3.05, 3.63) is 23.8 Å². The summed E-state index contributed by atoms with van der Waals surface area (Å²) in [6.07, 6.45) is 3.37. The first-order valence-electron chi connectivity index (χ1n) is 7.77. The lowest BCUT2D eigenvalue weighted by Crippen LogP contribution is -2.29. The van der Waals surface area contributed by atoms with E-state index in [2.05, 4.69) is 30.3 Å². The van der Waals surface area contributed by atoms with Crippen LogP contribution < -0.4 is 5.73 Å². The zero-order valence-electron chi connectivity index (χ0n) is 13.3. The van der Waals surface area contributed by atoms with E-state index in [4.69, 9.17) is 10.8 Å². The molecule has 1 fully saturated rings. The van der Waals surface area contributed by atoms with Crippen LogP contribution in [-0.4, -0.2) is 20.6 Å². The van der Waals surface area contributed by atoms with Crippen molar-refractivity contribution < 1.29 is 9.90 Å². The van der Waals surface area contributed by atoms with E-state index < -0.39 is 5.97 Å². The predicted octanol–water partition coefficient (Wildman–Crippen LogP) is 3.70. The summed E-state index contributed by atoms with van der Waals surface area (Å²) in [6, 6.07) is 5.37. The molecule has 1 aliphatic rings. The maximum Gasteiger partial charge on any atom is 0.335 e. The maximum absolute atomic E-state index is 11.1. The van der Waals surface area contributed by atoms with Crippen molar-refractivity contribution in [1.29, 1.82) is 0 Å². The first kappa shape index (κ1) is 14.9. The average Bonchev–Trinajstić information content (AvgIpc) is 2.70. The highest BCUT2D eigenvalue weighted by Gasteiger charge is 2.34. The number of nitrogens with two attached hydrogens (primary N) is 1. The molecule has 2 unspecified atom stereocenters. The summed E-state index contributed by atoms with van der Waals surface area (Å²) in [5.41, 5.74) is 8.27. The lowest BCUT2D eigenvalue weighted by atomic mass is 9.70. The molecule has 1 aliphatic carbocycles. The van der Waals surface area contributed by atoms with Gasteiger partial charge in [-0.1, -0.05) is 20.8 Å². The van der Waals surface area contributed by atoms with Crippen LogP contribution in [0.25, 0.3) is 11.0 Å². The SMILES string of the molecule is CC1CC(n2c(N)nc3cc(C(=O)O)ccc32)CC(C)(C)C1. The zero-order chi connectivity index (χ0) is 16.1. The Balaban J connectivity index is 2.07. The van der Waals surface area contributed by atoms with Gasteiger partial charge in [0.15, 0.2) is 0 Å². The van der Waals surface area contributed by atoms with E-state index >= 15 is 0 Å². The number of imidazole rings is 1. The van der Waals surface area contributed by atoms with Crippen LogP contribution in [0, 0.1) is 11.3 Å². The number of hydrogen-bond donors (Lipinski definition) is 2. The molecule has 0 spiro atoms. The Morgan fingerprint density at radius 2 is 2.14 bits per heavy atom. The number of carbonyl (C=O) groups is 1. The van der Waals surface area contributed by atoms with Crippen LogP contribution in [0.5, 0.6) is 0 Å². The highest BCUT2D eigenvalue weighted by molar-refractivity contribution is 5.93. The van der Waals surface area contributed by atoms with Gasteiger partial charge in [-0.25, -0.2) is 9.78 Å². The van der Waals surface area contributed by atoms with E-state index in [9.17, 15) is 4.79 Å². The second-order valence-electron chi connectivity index (χ2n) is 7.42. The molecule has 5 nitrogen and oxygen atoms in total. The molecule has 2 aromatic rings. The van der Waals surface area contributed by atoms with Crippen LogP contribution in [0.1, 0.15) is 56.4 Å². The number of benzene rings is 1. The molecule has 1 aromatic carbocycles. The lowest BCUT2D eigenvalue weighted by Gasteiger charge is -2.40. The summed E-state index contributed by atoms with van der Waals surface area (Å²) < 4.78 is 2.10. The summed E-state index contributed by atoms with van der Waals surface area (Å²) in [4.78, 5) is 15.5. The van der Waals surface area contributed by atoms with Crippen molar-refractivity contribution in [3.63, 3.8) is 0 Å². The molecule has 0 saturated heterocycles. The fraction of sp³-hybridized carbons (Fsp3) is 0.529. The summed E-state index contributed by atoms with van der Waals surface area (Å²) in [5.74, 6) is 0.179. The van der Waals surface area contributed by atoms with Crippen molar-refractivity contribution in [3.8, 4) is 0 Å². The number of aromatic carboxylic acids is 1. The standard InChI is InChI=1S/C17H23N3O2/c1-10-6-12(9-17(2,3)8-10)20-14-5-4-11(15(21)22)7-13(14)19-16(20)18/h4-5,7,10,12H,6,8-9H2,1-3H3,(H2,18,19)(H,21,22). The van der Waals surface area contributed by atoms with Crippen molar-refractivity contribution >= 4 is 23.0 Å². The minimum absolute atomic E-state index is 0.245. The molecule has 0 aliphatic heterocycles. The van der Waals surface area contributed by atoms with Gasteiger partial charge in [-0.2, -0.15) is 0 Å². The van der Waals surface area contributed by atoms with Gasteiger partial charge in [0.25, 0.3) is 0 Å². The fourth-order valence-electron chi connectivity index (χ4n) is 4.13. The number of rotatable bonds is 2. The number of nitrogen functional groups attached to an aromatic ring is 1. The number of carboxylic acid groups (broad SMARTS) is 1. The number of nitrogens with zero attached hydrogens (tertiary/aromatic N) is 2. The first-order chi connectivity index (χ1) is 10.3. The van der Waals surface area contributed by atoms with E-state index in [0.717, 1.165) is 18.4 Å². The van der Waals surface area contributed by atoms with Crippen LogP contribution in [0.3, 0.4) is 0 Å². The van der Waals surface area contributed by atoms with Crippen molar-refractivity contribution in [2.24, 2.45) is 11.3 Å². The van der Waals surface area contributed by atoms with Gasteiger partial charge in [0.2, 0.25) is 5.95 Å². The lowest BCUT2D eigenvalue weighted by molar-refractivity contribution is 0.0697. The molecule has 1 heterocycles. The summed E-state index contributed by atoms with van der Waals surface area (Å²) in [7, 11) is 0. The number of hydrogen-bond acceptors (Lipinski definition) is 3. The van der Waals surface area contributed by atoms with Gasteiger partial charge < -0.3 is 15.4 Å². The Morgan fingerprint density at radius 3 is 2.77 bits per heavy atom. The number of fused-ring (bicyclic) bond motifs is 1. The van der Waals surface area contributed by atoms with Gasteiger partial charge in [0, 0.05) is 6.04 Å². The molecule has 118 valence electrons. The fourth-order valence-corrected chi connectivity index (χ4v) is 4.13. The number of aromatic nitrogens is 2. The Labute approximate surface area is 130 Å². The van der Waals surface area contributed by atoms with Gasteiger partial charge in [0.1, 0.15) is 0 Å². The quantitative estimate of drug-likeness (QED) is 0.886. The smallest absolute Gasteiger partial charge is 0.335 e. The van der Waals surface area contributed by atoms with Gasteiger partial charge in [0.05, 0.1) is 16.6 Å². The molecule has 2 atom stereocenters. The molecule has 22 heavy (non-hydrogen) atoms. The van der Waals surface area contributed by atoms with Crippen LogP contribution in [-0.2, 0) is 0 Å². The number of carboxylic acids is 1. The first-order valence-corrected chi connectivity index (χ1v) is 7.77. The Kier molecular flexibility index (Phi) is 3.38. The maximum atomic E-state index is 11.1. The van der Waals surface area contributed by atoms with Crippen LogP contribution in [0.15, 0.2) is 18.2 Å². The summed E-state index contributed by atoms with van der Waals surface area (Å²) in [5, 5.41) is 9.11. The molecule has 1 aromatic heterocycles. The van der Waals surface area contributed by atoms with E-state index in [1.165, 1.54) is 6.42 Å². The van der Waals surface area contributed by atoms with E-state index in [-0.39, 0.29) is 11.0 Å². The summed E-state index contributed by atoms with van der Waals surface area (Å²) >= 11 is 0. The molecule has 5 heteroatoms. The Morgan fingerprint density at radius 1 is 1.41 bits per heavy atom. The topological polar surface area (TPSA) is 81.1 Å². The summed E-state index contributed by atoms with van der Waals surface area (Å²) in [6.45, 7) is 6.88. The molecule has 0 radical (unpaired) electrons. The minimum atomic E-state index is -0.942. The van der Waals surface area contributed by atoms with Crippen molar-refractivity contribution in [2.75, 3.05) is 5.73 Å². The van der Waals surface area contributed by atoms with Crippen LogP contribution >= 0.6 is 0 Å². The third kappa shape index (κ3) is 2.56. The molecule has 3 rings (SSSR count). The van der Waals surface area contributed by atoms with Gasteiger partial charge in [-0.15, -0.1) is 0 Å². The molecular weight excluding hydrogens is 278 g/mol. The van der Waals surface area contributed by atoms with Gasteiger partial charge >= 0.3 is 5.97 Å².